The van der Waals surface area contributed by atoms with Gasteiger partial charge >= 0.3 is 0 Å². The third kappa shape index (κ3) is 3.29. The molecular weight excluding hydrogens is 512 g/mol. The Labute approximate surface area is 241 Å². The quantitative estimate of drug-likeness (QED) is 0.211. The topological polar surface area (TPSA) is 35.1 Å². The Balaban J connectivity index is 1.29. The molecule has 4 nitrogen and oxygen atoms in total. The Morgan fingerprint density at radius 1 is 0.381 bits per heavy atom. The Morgan fingerprint density at radius 2 is 1.00 bits per heavy atom. The minimum Gasteiger partial charge on any atom is -0.309 e. The lowest BCUT2D eigenvalue weighted by atomic mass is 9.99. The predicted octanol–water partition coefficient (Wildman–Crippen LogP) is 9.47. The van der Waals surface area contributed by atoms with Crippen LogP contribution in [-0.4, -0.2) is 19.2 Å². The first kappa shape index (κ1) is 23.0. The first-order chi connectivity index (χ1) is 20.8. The fourth-order valence-electron chi connectivity index (χ4n) is 6.53. The second-order valence-electron chi connectivity index (χ2n) is 10.7. The van der Waals surface area contributed by atoms with E-state index in [1.165, 1.54) is 43.7 Å². The van der Waals surface area contributed by atoms with Crippen LogP contribution in [0.25, 0.3) is 77.3 Å². The molecule has 0 aliphatic heterocycles. The normalized spacial score (nSPS) is 11.8. The molecule has 0 aliphatic rings. The molecule has 6 aromatic carbocycles. The highest BCUT2D eigenvalue weighted by molar-refractivity contribution is 6.13. The first-order valence-corrected chi connectivity index (χ1v) is 14.2. The molecule has 9 rings (SSSR count). The average molecular weight is 537 g/mol. The lowest BCUT2D eigenvalue weighted by Crippen LogP contribution is -1.96. The van der Waals surface area contributed by atoms with E-state index in [2.05, 4.69) is 147 Å². The summed E-state index contributed by atoms with van der Waals surface area (Å²) in [6.45, 7) is 0. The molecule has 0 radical (unpaired) electrons. The van der Waals surface area contributed by atoms with Crippen LogP contribution in [0.3, 0.4) is 0 Å². The van der Waals surface area contributed by atoms with E-state index in [4.69, 9.17) is 0 Å². The van der Waals surface area contributed by atoms with Crippen LogP contribution in [-0.2, 0) is 0 Å². The number of rotatable bonds is 3. The van der Waals surface area contributed by atoms with E-state index in [-0.39, 0.29) is 0 Å². The largest absolute Gasteiger partial charge is 0.309 e. The Morgan fingerprint density at radius 3 is 1.76 bits per heavy atom. The van der Waals surface area contributed by atoms with Crippen molar-refractivity contribution in [3.63, 3.8) is 0 Å². The van der Waals surface area contributed by atoms with Crippen molar-refractivity contribution >= 4 is 49.1 Å². The van der Waals surface area contributed by atoms with Crippen LogP contribution in [0.1, 0.15) is 0 Å². The van der Waals surface area contributed by atoms with E-state index >= 15 is 0 Å². The minimum atomic E-state index is 0.850. The summed E-state index contributed by atoms with van der Waals surface area (Å²) in [5.74, 6) is 0.850. The number of para-hydroxylation sites is 2. The van der Waals surface area contributed by atoms with Gasteiger partial charge < -0.3 is 4.57 Å². The number of hydrogen-bond donors (Lipinski definition) is 0. The van der Waals surface area contributed by atoms with E-state index in [0.29, 0.717) is 0 Å². The molecule has 0 bridgehead atoms. The van der Waals surface area contributed by atoms with E-state index in [1.54, 1.807) is 0 Å². The molecule has 42 heavy (non-hydrogen) atoms. The SMILES string of the molecule is c1ccc(-c2nnc3c4ccccc4c4cc(-c5cccc(-n6c7ccccc7c7ccccc76)c5)ccc4n23)cc1. The Bertz CT molecular complexity index is 2410. The molecule has 9 aromatic rings. The van der Waals surface area contributed by atoms with Gasteiger partial charge in [0.05, 0.1) is 16.6 Å². The summed E-state index contributed by atoms with van der Waals surface area (Å²) in [4.78, 5) is 0. The predicted molar refractivity (Wildman–Crippen MR) is 173 cm³/mol. The van der Waals surface area contributed by atoms with Crippen molar-refractivity contribution in [2.75, 3.05) is 0 Å². The fraction of sp³-hybridized carbons (Fsp3) is 0. The van der Waals surface area contributed by atoms with E-state index in [1.807, 2.05) is 18.2 Å². The molecule has 0 N–H and O–H groups in total. The van der Waals surface area contributed by atoms with Crippen LogP contribution in [0.4, 0.5) is 0 Å². The summed E-state index contributed by atoms with van der Waals surface area (Å²) in [5, 5.41) is 15.3. The molecule has 0 amide bonds. The zero-order valence-electron chi connectivity index (χ0n) is 22.6. The molecule has 196 valence electrons. The van der Waals surface area contributed by atoms with E-state index in [0.717, 1.165) is 33.6 Å². The molecule has 0 saturated heterocycles. The molecule has 0 saturated carbocycles. The van der Waals surface area contributed by atoms with Gasteiger partial charge in [0.15, 0.2) is 11.5 Å². The second kappa shape index (κ2) is 8.88. The number of aromatic nitrogens is 4. The minimum absolute atomic E-state index is 0.850. The maximum absolute atomic E-state index is 4.65. The van der Waals surface area contributed by atoms with Crippen LogP contribution < -0.4 is 0 Å². The summed E-state index contributed by atoms with van der Waals surface area (Å²) >= 11 is 0. The van der Waals surface area contributed by atoms with Gasteiger partial charge in [-0.15, -0.1) is 10.2 Å². The van der Waals surface area contributed by atoms with Gasteiger partial charge in [-0.05, 0) is 52.9 Å². The zero-order valence-corrected chi connectivity index (χ0v) is 22.6. The summed E-state index contributed by atoms with van der Waals surface area (Å²) < 4.78 is 4.57. The molecule has 0 unspecified atom stereocenters. The first-order valence-electron chi connectivity index (χ1n) is 14.2. The second-order valence-corrected chi connectivity index (χ2v) is 10.7. The van der Waals surface area contributed by atoms with Crippen LogP contribution in [0, 0.1) is 0 Å². The highest BCUT2D eigenvalue weighted by atomic mass is 15.2. The van der Waals surface area contributed by atoms with Gasteiger partial charge in [-0.25, -0.2) is 0 Å². The highest BCUT2D eigenvalue weighted by Crippen LogP contribution is 2.36. The molecule has 4 heteroatoms. The molecule has 0 fully saturated rings. The molecule has 0 spiro atoms. The van der Waals surface area contributed by atoms with Gasteiger partial charge in [-0.1, -0.05) is 109 Å². The fourth-order valence-corrected chi connectivity index (χ4v) is 6.53. The molecule has 0 atom stereocenters. The van der Waals surface area contributed by atoms with Crippen molar-refractivity contribution in [3.05, 3.63) is 146 Å². The lowest BCUT2D eigenvalue weighted by molar-refractivity contribution is 1.12. The zero-order chi connectivity index (χ0) is 27.6. The van der Waals surface area contributed by atoms with E-state index < -0.39 is 0 Å². The van der Waals surface area contributed by atoms with Crippen molar-refractivity contribution in [1.29, 1.82) is 0 Å². The third-order valence-electron chi connectivity index (χ3n) is 8.41. The number of nitrogens with zero attached hydrogens (tertiary/aromatic N) is 4. The summed E-state index contributed by atoms with van der Waals surface area (Å²) in [7, 11) is 0. The monoisotopic (exact) mass is 536 g/mol. The van der Waals surface area contributed by atoms with Crippen LogP contribution >= 0.6 is 0 Å². The summed E-state index contributed by atoms with van der Waals surface area (Å²) in [6, 6.07) is 51.7. The van der Waals surface area contributed by atoms with Gasteiger partial charge in [0.2, 0.25) is 0 Å². The molecular formula is C38H24N4. The van der Waals surface area contributed by atoms with Gasteiger partial charge in [0.1, 0.15) is 0 Å². The number of fused-ring (bicyclic) bond motifs is 9. The Hall–Kier alpha value is -5.74. The highest BCUT2D eigenvalue weighted by Gasteiger charge is 2.17. The van der Waals surface area contributed by atoms with Crippen molar-refractivity contribution in [3.8, 4) is 28.2 Å². The van der Waals surface area contributed by atoms with E-state index in [9.17, 15) is 0 Å². The van der Waals surface area contributed by atoms with Gasteiger partial charge in [-0.3, -0.25) is 4.40 Å². The smallest absolute Gasteiger partial charge is 0.169 e. The summed E-state index contributed by atoms with van der Waals surface area (Å²) in [6.07, 6.45) is 0. The number of pyridine rings is 1. The van der Waals surface area contributed by atoms with Crippen LogP contribution in [0.15, 0.2) is 146 Å². The van der Waals surface area contributed by atoms with Crippen molar-refractivity contribution in [1.82, 2.24) is 19.2 Å². The van der Waals surface area contributed by atoms with Gasteiger partial charge in [0.25, 0.3) is 0 Å². The lowest BCUT2D eigenvalue weighted by Gasteiger charge is -2.13. The number of hydrogen-bond acceptors (Lipinski definition) is 2. The number of benzene rings is 6. The molecule has 0 aliphatic carbocycles. The average Bonchev–Trinajstić information content (AvgIpc) is 3.66. The van der Waals surface area contributed by atoms with Gasteiger partial charge in [-0.2, -0.15) is 0 Å². The van der Waals surface area contributed by atoms with Crippen LogP contribution in [0.2, 0.25) is 0 Å². The maximum atomic E-state index is 4.65. The van der Waals surface area contributed by atoms with Gasteiger partial charge in [0, 0.05) is 32.8 Å². The standard InChI is InChI=1S/C38H24N4/c1-2-11-25(12-3-1)37-39-40-38-32-18-5-4-15-29(32)33-24-27(21-22-36(33)42(37)38)26-13-10-14-28(23-26)41-34-19-8-6-16-30(34)31-17-7-9-20-35(31)41/h1-24H. The van der Waals surface area contributed by atoms with Crippen molar-refractivity contribution < 1.29 is 0 Å². The van der Waals surface area contributed by atoms with Crippen molar-refractivity contribution in [2.45, 2.75) is 0 Å². The Kier molecular flexibility index (Phi) is 4.87. The molecule has 3 heterocycles. The third-order valence-corrected chi connectivity index (χ3v) is 8.41. The van der Waals surface area contributed by atoms with Crippen LogP contribution in [0.5, 0.6) is 0 Å². The maximum Gasteiger partial charge on any atom is 0.169 e. The molecule has 3 aromatic heterocycles. The summed E-state index contributed by atoms with van der Waals surface area (Å²) in [5.41, 5.74) is 8.93. The van der Waals surface area contributed by atoms with Crippen molar-refractivity contribution in [2.24, 2.45) is 0 Å².